The van der Waals surface area contributed by atoms with Crippen molar-refractivity contribution >= 4 is 38.9 Å². The summed E-state index contributed by atoms with van der Waals surface area (Å²) >= 11 is 0. The van der Waals surface area contributed by atoms with Crippen LogP contribution in [-0.4, -0.2) is 4.57 Å². The summed E-state index contributed by atoms with van der Waals surface area (Å²) in [6.45, 7) is 0. The fourth-order valence-corrected chi connectivity index (χ4v) is 8.98. The van der Waals surface area contributed by atoms with Crippen LogP contribution in [0.4, 0.5) is 17.1 Å². The maximum atomic E-state index is 2.41. The highest BCUT2D eigenvalue weighted by Crippen LogP contribution is 2.41. The first kappa shape index (κ1) is 36.8. The van der Waals surface area contributed by atoms with Gasteiger partial charge in [-0.2, -0.15) is 0 Å². The fraction of sp³-hybridized carbons (Fsp3) is 0. The van der Waals surface area contributed by atoms with Gasteiger partial charge in [-0.15, -0.1) is 0 Å². The molecule has 0 spiro atoms. The van der Waals surface area contributed by atoms with Crippen LogP contribution in [0.5, 0.6) is 0 Å². The predicted octanol–water partition coefficient (Wildman–Crippen LogP) is 16.6. The minimum absolute atomic E-state index is 1.08. The molecule has 0 saturated carbocycles. The zero-order valence-electron chi connectivity index (χ0n) is 34.1. The van der Waals surface area contributed by atoms with E-state index in [1.54, 1.807) is 0 Å². The lowest BCUT2D eigenvalue weighted by Crippen LogP contribution is -2.09. The van der Waals surface area contributed by atoms with E-state index in [0.29, 0.717) is 0 Å². The second-order valence-electron chi connectivity index (χ2n) is 15.8. The van der Waals surface area contributed by atoms with Gasteiger partial charge in [0.15, 0.2) is 0 Å². The molecule has 0 saturated heterocycles. The van der Waals surface area contributed by atoms with Gasteiger partial charge in [0.2, 0.25) is 0 Å². The molecule has 0 aliphatic heterocycles. The van der Waals surface area contributed by atoms with Crippen molar-refractivity contribution < 1.29 is 0 Å². The molecule has 0 radical (unpaired) electrons. The Bertz CT molecular complexity index is 3240. The number of anilines is 3. The Balaban J connectivity index is 1.01. The molecule has 1 aromatic heterocycles. The molecule has 0 bridgehead atoms. The first-order valence-electron chi connectivity index (χ1n) is 21.3. The number of hydrogen-bond acceptors (Lipinski definition) is 1. The van der Waals surface area contributed by atoms with Gasteiger partial charge >= 0.3 is 0 Å². The SMILES string of the molecule is c1ccc(-c2ccc(N(c3ccc(-c4cc(-c5ccccc5)cc(-n5c6ccccc6c6ccccc65)c4)cc3)c3ccc(-c4ccccc4-c4ccccc4)cc3)cc2)cc1. The highest BCUT2D eigenvalue weighted by molar-refractivity contribution is 6.09. The Hall–Kier alpha value is -8.20. The molecule has 62 heavy (non-hydrogen) atoms. The highest BCUT2D eigenvalue weighted by atomic mass is 15.1. The van der Waals surface area contributed by atoms with E-state index < -0.39 is 0 Å². The number of nitrogens with zero attached hydrogens (tertiary/aromatic N) is 2. The number of rotatable bonds is 9. The van der Waals surface area contributed by atoms with Crippen LogP contribution in [0.3, 0.4) is 0 Å². The summed E-state index contributed by atoms with van der Waals surface area (Å²) < 4.78 is 2.41. The molecule has 0 aliphatic carbocycles. The molecule has 1 heterocycles. The summed E-state index contributed by atoms with van der Waals surface area (Å²) in [5, 5.41) is 2.51. The van der Waals surface area contributed by atoms with Crippen molar-refractivity contribution in [3.63, 3.8) is 0 Å². The zero-order chi connectivity index (χ0) is 41.2. The second kappa shape index (κ2) is 16.1. The summed E-state index contributed by atoms with van der Waals surface area (Å²) in [7, 11) is 0. The molecule has 0 fully saturated rings. The average Bonchev–Trinajstić information content (AvgIpc) is 3.70. The molecular formula is C60H42N2. The number of aromatic nitrogens is 1. The summed E-state index contributed by atoms with van der Waals surface area (Å²) in [5.41, 5.74) is 18.7. The van der Waals surface area contributed by atoms with Crippen molar-refractivity contribution in [2.45, 2.75) is 0 Å². The Labute approximate surface area is 362 Å². The van der Waals surface area contributed by atoms with Crippen LogP contribution < -0.4 is 4.90 Å². The Morgan fingerprint density at radius 1 is 0.242 bits per heavy atom. The molecule has 292 valence electrons. The van der Waals surface area contributed by atoms with Gasteiger partial charge in [0.1, 0.15) is 0 Å². The van der Waals surface area contributed by atoms with Crippen molar-refractivity contribution in [3.8, 4) is 61.3 Å². The molecular weight excluding hydrogens is 749 g/mol. The van der Waals surface area contributed by atoms with E-state index >= 15 is 0 Å². The van der Waals surface area contributed by atoms with E-state index in [1.807, 2.05) is 0 Å². The zero-order valence-corrected chi connectivity index (χ0v) is 34.1. The minimum Gasteiger partial charge on any atom is -0.311 e. The number of para-hydroxylation sites is 2. The van der Waals surface area contributed by atoms with E-state index in [0.717, 1.165) is 33.9 Å². The van der Waals surface area contributed by atoms with Crippen LogP contribution >= 0.6 is 0 Å². The van der Waals surface area contributed by atoms with Crippen LogP contribution in [-0.2, 0) is 0 Å². The number of fused-ring (bicyclic) bond motifs is 3. The highest BCUT2D eigenvalue weighted by Gasteiger charge is 2.17. The van der Waals surface area contributed by atoms with Gasteiger partial charge in [-0.05, 0) is 122 Å². The van der Waals surface area contributed by atoms with Crippen molar-refractivity contribution in [1.29, 1.82) is 0 Å². The van der Waals surface area contributed by atoms with Gasteiger partial charge in [0, 0.05) is 33.5 Å². The summed E-state index contributed by atoms with van der Waals surface area (Å²) in [6, 6.07) is 92.0. The third-order valence-corrected chi connectivity index (χ3v) is 12.0. The van der Waals surface area contributed by atoms with Crippen LogP contribution in [0.25, 0.3) is 83.1 Å². The average molecular weight is 791 g/mol. The summed E-state index contributed by atoms with van der Waals surface area (Å²) in [6.07, 6.45) is 0. The van der Waals surface area contributed by atoms with Gasteiger partial charge in [0.05, 0.1) is 11.0 Å². The first-order valence-corrected chi connectivity index (χ1v) is 21.3. The lowest BCUT2D eigenvalue weighted by atomic mass is 9.94. The smallest absolute Gasteiger partial charge is 0.0541 e. The topological polar surface area (TPSA) is 8.17 Å². The Morgan fingerprint density at radius 2 is 0.565 bits per heavy atom. The van der Waals surface area contributed by atoms with Crippen LogP contribution in [0.1, 0.15) is 0 Å². The minimum atomic E-state index is 1.08. The molecule has 0 N–H and O–H groups in total. The maximum absolute atomic E-state index is 2.41. The molecule has 2 nitrogen and oxygen atoms in total. The summed E-state index contributed by atoms with van der Waals surface area (Å²) in [4.78, 5) is 2.36. The van der Waals surface area contributed by atoms with Gasteiger partial charge < -0.3 is 9.47 Å². The van der Waals surface area contributed by atoms with Crippen molar-refractivity contribution in [1.82, 2.24) is 4.57 Å². The Kier molecular flexibility index (Phi) is 9.57. The van der Waals surface area contributed by atoms with Crippen LogP contribution in [0, 0.1) is 0 Å². The van der Waals surface area contributed by atoms with Gasteiger partial charge in [-0.1, -0.05) is 188 Å². The third-order valence-electron chi connectivity index (χ3n) is 12.0. The van der Waals surface area contributed by atoms with Gasteiger partial charge in [0.25, 0.3) is 0 Å². The lowest BCUT2D eigenvalue weighted by Gasteiger charge is -2.26. The van der Waals surface area contributed by atoms with E-state index in [9.17, 15) is 0 Å². The van der Waals surface area contributed by atoms with E-state index in [1.165, 1.54) is 66.3 Å². The van der Waals surface area contributed by atoms with E-state index in [4.69, 9.17) is 0 Å². The van der Waals surface area contributed by atoms with Gasteiger partial charge in [-0.25, -0.2) is 0 Å². The maximum Gasteiger partial charge on any atom is 0.0541 e. The lowest BCUT2D eigenvalue weighted by molar-refractivity contribution is 1.18. The molecule has 2 heteroatoms. The largest absolute Gasteiger partial charge is 0.311 e. The molecule has 0 unspecified atom stereocenters. The molecule has 0 atom stereocenters. The fourth-order valence-electron chi connectivity index (χ4n) is 8.98. The van der Waals surface area contributed by atoms with Crippen LogP contribution in [0.15, 0.2) is 255 Å². The molecule has 11 aromatic rings. The number of hydrogen-bond donors (Lipinski definition) is 0. The third kappa shape index (κ3) is 6.94. The normalized spacial score (nSPS) is 11.2. The Morgan fingerprint density at radius 3 is 1.03 bits per heavy atom. The molecule has 11 rings (SSSR count). The monoisotopic (exact) mass is 790 g/mol. The molecule has 0 aliphatic rings. The second-order valence-corrected chi connectivity index (χ2v) is 15.8. The number of benzene rings is 10. The van der Waals surface area contributed by atoms with Crippen molar-refractivity contribution in [3.05, 3.63) is 255 Å². The van der Waals surface area contributed by atoms with Crippen LogP contribution in [0.2, 0.25) is 0 Å². The standard InChI is InChI=1S/C60H42N2/c1-4-16-43(17-5-1)45-28-34-51(35-29-45)61(53-38-32-48(33-39-53)56-23-11-10-22-55(56)47-20-8-3-9-21-47)52-36-30-46(31-37-52)50-40-49(44-18-6-2-7-19-44)41-54(42-50)62-59-26-14-12-24-57(59)58-25-13-15-27-60(58)62/h1-42H. The van der Waals surface area contributed by atoms with E-state index in [-0.39, 0.29) is 0 Å². The molecule has 10 aromatic carbocycles. The first-order chi connectivity index (χ1) is 30.7. The molecule has 0 amide bonds. The predicted molar refractivity (Wildman–Crippen MR) is 263 cm³/mol. The quantitative estimate of drug-likeness (QED) is 0.141. The van der Waals surface area contributed by atoms with Crippen molar-refractivity contribution in [2.24, 2.45) is 0 Å². The van der Waals surface area contributed by atoms with Crippen molar-refractivity contribution in [2.75, 3.05) is 4.90 Å². The van der Waals surface area contributed by atoms with E-state index in [2.05, 4.69) is 264 Å². The summed E-state index contributed by atoms with van der Waals surface area (Å²) in [5.74, 6) is 0. The van der Waals surface area contributed by atoms with Gasteiger partial charge in [-0.3, -0.25) is 0 Å².